The van der Waals surface area contributed by atoms with Crippen LogP contribution in [0, 0.1) is 5.92 Å². The highest BCUT2D eigenvalue weighted by Gasteiger charge is 2.02. The molecule has 0 amide bonds. The molecule has 0 radical (unpaired) electrons. The quantitative estimate of drug-likeness (QED) is 0.401. The fourth-order valence-corrected chi connectivity index (χ4v) is 1.15. The molecule has 0 rings (SSSR count). The average molecular weight is 198 g/mol. The lowest BCUT2D eigenvalue weighted by atomic mass is 10.0. The average Bonchev–Trinajstić information content (AvgIpc) is 2.13. The fourth-order valence-electron chi connectivity index (χ4n) is 1.15. The summed E-state index contributed by atoms with van der Waals surface area (Å²) in [5, 5.41) is 4.24. The second-order valence-electron chi connectivity index (χ2n) is 3.75. The lowest BCUT2D eigenvalue weighted by molar-refractivity contribution is 0.670. The molecule has 0 aliphatic carbocycles. The Morgan fingerprint density at radius 1 is 1.43 bits per heavy atom. The zero-order valence-corrected chi connectivity index (χ0v) is 9.67. The summed E-state index contributed by atoms with van der Waals surface area (Å²) in [6, 6.07) is 0. The topological polar surface area (TPSA) is 62.8 Å². The Morgan fingerprint density at radius 2 is 2.07 bits per heavy atom. The maximum Gasteiger partial charge on any atom is 0.209 e. The molecule has 0 aromatic carbocycles. The van der Waals surface area contributed by atoms with E-state index in [0.717, 1.165) is 25.0 Å². The highest BCUT2D eigenvalue weighted by molar-refractivity contribution is 5.86. The molecule has 0 unspecified atom stereocenters. The van der Waals surface area contributed by atoms with Crippen molar-refractivity contribution in [1.29, 1.82) is 0 Å². The van der Waals surface area contributed by atoms with Crippen molar-refractivity contribution in [2.75, 3.05) is 7.05 Å². The fraction of sp³-hybridized carbons (Fsp3) is 0.800. The summed E-state index contributed by atoms with van der Waals surface area (Å²) in [6.07, 6.45) is 3.14. The van der Waals surface area contributed by atoms with Crippen molar-refractivity contribution in [3.05, 3.63) is 0 Å². The molecule has 3 N–H and O–H groups in total. The molecule has 0 aliphatic heterocycles. The minimum absolute atomic E-state index is 0.363. The van der Waals surface area contributed by atoms with Gasteiger partial charge in [0.05, 0.1) is 0 Å². The van der Waals surface area contributed by atoms with Gasteiger partial charge in [-0.3, -0.25) is 4.99 Å². The molecule has 0 aromatic rings. The molecule has 82 valence electrons. The first-order chi connectivity index (χ1) is 6.60. The van der Waals surface area contributed by atoms with E-state index in [-0.39, 0.29) is 0 Å². The SMILES string of the molecule is CCCC(CC(C)C)=NNC(N)=NC. The Morgan fingerprint density at radius 3 is 2.50 bits per heavy atom. The number of hydrogen-bond donors (Lipinski definition) is 2. The number of rotatable bonds is 5. The first-order valence-electron chi connectivity index (χ1n) is 5.13. The van der Waals surface area contributed by atoms with Crippen molar-refractivity contribution in [1.82, 2.24) is 5.43 Å². The van der Waals surface area contributed by atoms with E-state index in [1.54, 1.807) is 7.05 Å². The Balaban J connectivity index is 4.17. The summed E-state index contributed by atoms with van der Waals surface area (Å²) < 4.78 is 0. The number of aliphatic imine (C=N–C) groups is 1. The smallest absolute Gasteiger partial charge is 0.209 e. The van der Waals surface area contributed by atoms with Crippen LogP contribution < -0.4 is 11.2 Å². The minimum Gasteiger partial charge on any atom is -0.369 e. The van der Waals surface area contributed by atoms with Crippen LogP contribution >= 0.6 is 0 Å². The molecule has 0 heterocycles. The van der Waals surface area contributed by atoms with E-state index < -0.39 is 0 Å². The lowest BCUT2D eigenvalue weighted by Gasteiger charge is -2.08. The number of guanidine groups is 1. The summed E-state index contributed by atoms with van der Waals surface area (Å²) >= 11 is 0. The Kier molecular flexibility index (Phi) is 6.80. The van der Waals surface area contributed by atoms with Gasteiger partial charge in [0.2, 0.25) is 5.96 Å². The zero-order chi connectivity index (χ0) is 11.0. The Labute approximate surface area is 86.7 Å². The van der Waals surface area contributed by atoms with Crippen molar-refractivity contribution in [2.24, 2.45) is 21.7 Å². The van der Waals surface area contributed by atoms with Gasteiger partial charge in [0.25, 0.3) is 0 Å². The molecule has 0 fully saturated rings. The number of hydrazone groups is 1. The summed E-state index contributed by atoms with van der Waals surface area (Å²) in [5.41, 5.74) is 9.38. The maximum atomic E-state index is 5.48. The molecule has 4 heteroatoms. The first-order valence-corrected chi connectivity index (χ1v) is 5.13. The molecule has 0 atom stereocenters. The molecular weight excluding hydrogens is 176 g/mol. The van der Waals surface area contributed by atoms with E-state index in [0.29, 0.717) is 11.9 Å². The van der Waals surface area contributed by atoms with Crippen LogP contribution in [-0.2, 0) is 0 Å². The number of nitrogens with two attached hydrogens (primary N) is 1. The largest absolute Gasteiger partial charge is 0.369 e. The van der Waals surface area contributed by atoms with Gasteiger partial charge in [-0.25, -0.2) is 5.43 Å². The van der Waals surface area contributed by atoms with Gasteiger partial charge in [-0.1, -0.05) is 27.2 Å². The van der Waals surface area contributed by atoms with E-state index in [9.17, 15) is 0 Å². The molecule has 0 saturated carbocycles. The third-order valence-electron chi connectivity index (χ3n) is 1.75. The van der Waals surface area contributed by atoms with Crippen LogP contribution in [0.15, 0.2) is 10.1 Å². The van der Waals surface area contributed by atoms with E-state index in [4.69, 9.17) is 5.73 Å². The van der Waals surface area contributed by atoms with Crippen LogP contribution in [0.5, 0.6) is 0 Å². The Bertz CT molecular complexity index is 206. The van der Waals surface area contributed by atoms with Crippen LogP contribution in [0.3, 0.4) is 0 Å². The standard InChI is InChI=1S/C10H22N4/c1-5-6-9(7-8(2)3)13-14-10(11)12-4/h8H,5-7H2,1-4H3,(H3,11,12,14). The van der Waals surface area contributed by atoms with Crippen LogP contribution in [0.1, 0.15) is 40.0 Å². The van der Waals surface area contributed by atoms with E-state index in [1.165, 1.54) is 0 Å². The van der Waals surface area contributed by atoms with Crippen molar-refractivity contribution in [2.45, 2.75) is 40.0 Å². The normalized spacial score (nSPS) is 13.5. The van der Waals surface area contributed by atoms with Gasteiger partial charge >= 0.3 is 0 Å². The number of nitrogens with zero attached hydrogens (tertiary/aromatic N) is 2. The van der Waals surface area contributed by atoms with Gasteiger partial charge < -0.3 is 5.73 Å². The predicted octanol–water partition coefficient (Wildman–Crippen LogP) is 1.72. The summed E-state index contributed by atoms with van der Waals surface area (Å²) in [7, 11) is 1.64. The zero-order valence-electron chi connectivity index (χ0n) is 9.67. The van der Waals surface area contributed by atoms with Crippen molar-refractivity contribution < 1.29 is 0 Å². The molecule has 0 aliphatic rings. The highest BCUT2D eigenvalue weighted by atomic mass is 15.4. The van der Waals surface area contributed by atoms with Crippen LogP contribution in [0.2, 0.25) is 0 Å². The third-order valence-corrected chi connectivity index (χ3v) is 1.75. The molecule has 0 bridgehead atoms. The van der Waals surface area contributed by atoms with E-state index in [1.807, 2.05) is 0 Å². The van der Waals surface area contributed by atoms with E-state index in [2.05, 4.69) is 36.3 Å². The summed E-state index contributed by atoms with van der Waals surface area (Å²) in [5.74, 6) is 0.990. The van der Waals surface area contributed by atoms with Gasteiger partial charge in [-0.05, 0) is 18.8 Å². The predicted molar refractivity (Wildman–Crippen MR) is 62.5 cm³/mol. The molecule has 0 saturated heterocycles. The summed E-state index contributed by atoms with van der Waals surface area (Å²) in [4.78, 5) is 3.78. The summed E-state index contributed by atoms with van der Waals surface area (Å²) in [6.45, 7) is 6.51. The first kappa shape index (κ1) is 12.9. The minimum atomic E-state index is 0.363. The van der Waals surface area contributed by atoms with Gasteiger partial charge in [-0.2, -0.15) is 5.10 Å². The van der Waals surface area contributed by atoms with Crippen molar-refractivity contribution >= 4 is 11.7 Å². The van der Waals surface area contributed by atoms with Crippen LogP contribution in [-0.4, -0.2) is 18.7 Å². The second kappa shape index (κ2) is 7.35. The maximum absolute atomic E-state index is 5.48. The van der Waals surface area contributed by atoms with Crippen LogP contribution in [0.25, 0.3) is 0 Å². The van der Waals surface area contributed by atoms with Crippen molar-refractivity contribution in [3.63, 3.8) is 0 Å². The monoisotopic (exact) mass is 198 g/mol. The number of hydrogen-bond acceptors (Lipinski definition) is 2. The molecular formula is C10H22N4. The number of nitrogens with one attached hydrogen (secondary N) is 1. The van der Waals surface area contributed by atoms with Gasteiger partial charge in [-0.15, -0.1) is 0 Å². The van der Waals surface area contributed by atoms with E-state index >= 15 is 0 Å². The molecule has 14 heavy (non-hydrogen) atoms. The molecule has 0 aromatic heterocycles. The lowest BCUT2D eigenvalue weighted by Crippen LogP contribution is -2.28. The van der Waals surface area contributed by atoms with Gasteiger partial charge in [0, 0.05) is 12.8 Å². The highest BCUT2D eigenvalue weighted by Crippen LogP contribution is 2.05. The van der Waals surface area contributed by atoms with Crippen LogP contribution in [0.4, 0.5) is 0 Å². The van der Waals surface area contributed by atoms with Gasteiger partial charge in [0.1, 0.15) is 0 Å². The third kappa shape index (κ3) is 6.46. The molecule has 4 nitrogen and oxygen atoms in total. The van der Waals surface area contributed by atoms with Crippen molar-refractivity contribution in [3.8, 4) is 0 Å². The second-order valence-corrected chi connectivity index (χ2v) is 3.75. The molecule has 0 spiro atoms. The Hall–Kier alpha value is -1.06. The van der Waals surface area contributed by atoms with Gasteiger partial charge in [0.15, 0.2) is 0 Å².